The maximum absolute atomic E-state index is 11.2. The van der Waals surface area contributed by atoms with Crippen molar-refractivity contribution >= 4 is 39.3 Å². The molecule has 2 aromatic rings. The highest BCUT2D eigenvalue weighted by atomic mass is 32.2. The highest BCUT2D eigenvalue weighted by Crippen LogP contribution is 2.49. The van der Waals surface area contributed by atoms with E-state index < -0.39 is 0 Å². The Morgan fingerprint density at radius 3 is 2.53 bits per heavy atom. The number of thioether (sulfide) groups is 1. The van der Waals surface area contributed by atoms with E-state index in [9.17, 15) is 10.1 Å². The van der Waals surface area contributed by atoms with E-state index in [0.29, 0.717) is 0 Å². The van der Waals surface area contributed by atoms with Crippen molar-refractivity contribution in [2.45, 2.75) is 5.25 Å². The molecule has 0 saturated carbocycles. The molecule has 1 aliphatic heterocycles. The molecule has 0 bridgehead atoms. The lowest BCUT2D eigenvalue weighted by Crippen LogP contribution is -2.08. The Hall–Kier alpha value is -1.37. The first-order chi connectivity index (χ1) is 9.25. The molecule has 0 radical (unpaired) electrons. The van der Waals surface area contributed by atoms with Crippen LogP contribution in [0, 0.1) is 10.1 Å². The summed E-state index contributed by atoms with van der Waals surface area (Å²) in [4.78, 5) is 14.2. The van der Waals surface area contributed by atoms with Gasteiger partial charge < -0.3 is 0 Å². The van der Waals surface area contributed by atoms with Crippen molar-refractivity contribution in [2.75, 3.05) is 0 Å². The van der Waals surface area contributed by atoms with Gasteiger partial charge in [-0.15, -0.1) is 34.4 Å². The summed E-state index contributed by atoms with van der Waals surface area (Å²) in [6, 6.07) is 7.92. The molecule has 3 heterocycles. The molecule has 1 atom stereocenters. The van der Waals surface area contributed by atoms with Gasteiger partial charge in [0, 0.05) is 20.7 Å². The van der Waals surface area contributed by atoms with Crippen LogP contribution in [0.3, 0.4) is 0 Å². The molecule has 1 aliphatic rings. The maximum Gasteiger partial charge on any atom is 0.264 e. The van der Waals surface area contributed by atoms with Crippen molar-refractivity contribution in [3.05, 3.63) is 72.7 Å². The van der Waals surface area contributed by atoms with E-state index >= 15 is 0 Å². The second-order valence-electron chi connectivity index (χ2n) is 3.87. The number of nitro groups is 1. The molecular formula is C13H9NO2S3. The van der Waals surface area contributed by atoms with Crippen LogP contribution in [0.15, 0.2) is 52.9 Å². The zero-order valence-electron chi connectivity index (χ0n) is 9.68. The lowest BCUT2D eigenvalue weighted by Gasteiger charge is -2.17. The Bertz CT molecular complexity index is 642. The smallest absolute Gasteiger partial charge is 0.259 e. The molecule has 0 fully saturated rings. The van der Waals surface area contributed by atoms with E-state index in [2.05, 4.69) is 0 Å². The molecule has 0 amide bonds. The minimum Gasteiger partial charge on any atom is -0.259 e. The summed E-state index contributed by atoms with van der Waals surface area (Å²) in [6.45, 7) is 0. The van der Waals surface area contributed by atoms with E-state index in [0.717, 1.165) is 14.7 Å². The van der Waals surface area contributed by atoms with Crippen LogP contribution in [0.2, 0.25) is 0 Å². The Balaban J connectivity index is 1.99. The molecule has 6 heteroatoms. The standard InChI is InChI=1S/C13H9NO2S3/c15-14(16)9-5-6-11(10-3-1-7-17-10)19-13(9)12-4-2-8-18-12/h1-8,13H. The zero-order chi connectivity index (χ0) is 13.2. The number of rotatable bonds is 3. The van der Waals surface area contributed by atoms with Crippen molar-refractivity contribution in [2.24, 2.45) is 0 Å². The normalized spacial score (nSPS) is 18.8. The van der Waals surface area contributed by atoms with Gasteiger partial charge in [0.15, 0.2) is 0 Å². The van der Waals surface area contributed by atoms with Crippen LogP contribution in [0.4, 0.5) is 0 Å². The minimum atomic E-state index is -0.279. The monoisotopic (exact) mass is 307 g/mol. The molecular weight excluding hydrogens is 298 g/mol. The summed E-state index contributed by atoms with van der Waals surface area (Å²) in [5, 5.41) is 14.9. The van der Waals surface area contributed by atoms with Crippen molar-refractivity contribution in [1.82, 2.24) is 0 Å². The maximum atomic E-state index is 11.2. The van der Waals surface area contributed by atoms with Gasteiger partial charge in [-0.05, 0) is 29.0 Å². The fourth-order valence-corrected chi connectivity index (χ4v) is 4.86. The van der Waals surface area contributed by atoms with E-state index in [4.69, 9.17) is 0 Å². The second kappa shape index (κ2) is 5.32. The fraction of sp³-hybridized carbons (Fsp3) is 0.0769. The lowest BCUT2D eigenvalue weighted by atomic mass is 10.2. The number of hydrogen-bond acceptors (Lipinski definition) is 5. The van der Waals surface area contributed by atoms with Gasteiger partial charge in [0.05, 0.1) is 4.92 Å². The zero-order valence-corrected chi connectivity index (χ0v) is 12.1. The Kier molecular flexibility index (Phi) is 3.54. The number of hydrogen-bond donors (Lipinski definition) is 0. The van der Waals surface area contributed by atoms with Crippen LogP contribution < -0.4 is 0 Å². The first kappa shape index (κ1) is 12.7. The van der Waals surface area contributed by atoms with Crippen LogP contribution in [0.1, 0.15) is 15.0 Å². The van der Waals surface area contributed by atoms with Gasteiger partial charge >= 0.3 is 0 Å². The van der Waals surface area contributed by atoms with Gasteiger partial charge in [-0.3, -0.25) is 10.1 Å². The molecule has 2 aromatic heterocycles. The Morgan fingerprint density at radius 2 is 1.89 bits per heavy atom. The van der Waals surface area contributed by atoms with Crippen molar-refractivity contribution in [1.29, 1.82) is 0 Å². The third kappa shape index (κ3) is 2.51. The Morgan fingerprint density at radius 1 is 1.11 bits per heavy atom. The largest absolute Gasteiger partial charge is 0.264 e. The van der Waals surface area contributed by atoms with Crippen molar-refractivity contribution < 1.29 is 4.92 Å². The van der Waals surface area contributed by atoms with Crippen molar-refractivity contribution in [3.63, 3.8) is 0 Å². The average Bonchev–Trinajstić information content (AvgIpc) is 3.11. The van der Waals surface area contributed by atoms with Crippen LogP contribution in [0.5, 0.6) is 0 Å². The second-order valence-corrected chi connectivity index (χ2v) is 6.94. The van der Waals surface area contributed by atoms with Gasteiger partial charge in [-0.2, -0.15) is 0 Å². The molecule has 0 aromatic carbocycles. The number of allylic oxidation sites excluding steroid dienone is 2. The SMILES string of the molecule is O=[N+]([O-])C1=CC=C(c2cccs2)SC1c1cccs1. The summed E-state index contributed by atoms with van der Waals surface area (Å²) >= 11 is 4.77. The Labute approximate surface area is 122 Å². The van der Waals surface area contributed by atoms with E-state index in [1.807, 2.05) is 41.1 Å². The van der Waals surface area contributed by atoms with Gasteiger partial charge in [0.25, 0.3) is 5.70 Å². The molecule has 0 N–H and O–H groups in total. The van der Waals surface area contributed by atoms with Gasteiger partial charge in [-0.1, -0.05) is 12.1 Å². The highest BCUT2D eigenvalue weighted by molar-refractivity contribution is 8.09. The molecule has 0 spiro atoms. The predicted octanol–water partition coefficient (Wildman–Crippen LogP) is 4.80. The number of nitrogens with zero attached hydrogens (tertiary/aromatic N) is 1. The quantitative estimate of drug-likeness (QED) is 0.604. The summed E-state index contributed by atoms with van der Waals surface area (Å²) in [5.41, 5.74) is 0.257. The average molecular weight is 307 g/mol. The van der Waals surface area contributed by atoms with Gasteiger partial charge in [0.2, 0.25) is 0 Å². The van der Waals surface area contributed by atoms with Crippen LogP contribution in [-0.2, 0) is 0 Å². The summed E-state index contributed by atoms with van der Waals surface area (Å²) in [5.74, 6) is 0. The molecule has 19 heavy (non-hydrogen) atoms. The first-order valence-corrected chi connectivity index (χ1v) is 8.20. The lowest BCUT2D eigenvalue weighted by molar-refractivity contribution is -0.427. The molecule has 96 valence electrons. The topological polar surface area (TPSA) is 43.1 Å². The van der Waals surface area contributed by atoms with E-state index in [-0.39, 0.29) is 15.9 Å². The molecule has 3 nitrogen and oxygen atoms in total. The molecule has 3 rings (SSSR count). The summed E-state index contributed by atoms with van der Waals surface area (Å²) in [6.07, 6.45) is 3.48. The molecule has 0 aliphatic carbocycles. The number of thiophene rings is 2. The van der Waals surface area contributed by atoms with E-state index in [1.54, 1.807) is 40.5 Å². The summed E-state index contributed by atoms with van der Waals surface area (Å²) in [7, 11) is 0. The van der Waals surface area contributed by atoms with Crippen LogP contribution >= 0.6 is 34.4 Å². The van der Waals surface area contributed by atoms with Crippen LogP contribution in [0.25, 0.3) is 4.91 Å². The van der Waals surface area contributed by atoms with Crippen LogP contribution in [-0.4, -0.2) is 4.92 Å². The molecule has 0 saturated heterocycles. The fourth-order valence-electron chi connectivity index (χ4n) is 1.83. The predicted molar refractivity (Wildman–Crippen MR) is 82.0 cm³/mol. The third-order valence-electron chi connectivity index (χ3n) is 2.70. The highest BCUT2D eigenvalue weighted by Gasteiger charge is 2.31. The minimum absolute atomic E-state index is 0.211. The van der Waals surface area contributed by atoms with Crippen molar-refractivity contribution in [3.8, 4) is 0 Å². The van der Waals surface area contributed by atoms with E-state index in [1.165, 1.54) is 0 Å². The summed E-state index contributed by atoms with van der Waals surface area (Å²) < 4.78 is 0. The first-order valence-electron chi connectivity index (χ1n) is 5.56. The van der Waals surface area contributed by atoms with Gasteiger partial charge in [-0.25, -0.2) is 0 Å². The van der Waals surface area contributed by atoms with Gasteiger partial charge in [0.1, 0.15) is 5.25 Å². The third-order valence-corrected chi connectivity index (χ3v) is 6.16. The molecule has 1 unspecified atom stereocenters.